The van der Waals surface area contributed by atoms with Crippen molar-refractivity contribution in [3.63, 3.8) is 0 Å². The van der Waals surface area contributed by atoms with E-state index < -0.39 is 23.6 Å². The van der Waals surface area contributed by atoms with Crippen molar-refractivity contribution in [2.24, 2.45) is 11.5 Å². The van der Waals surface area contributed by atoms with Crippen LogP contribution in [0.4, 0.5) is 5.82 Å². The number of nitrogens with two attached hydrogens (primary N) is 3. The Morgan fingerprint density at radius 1 is 1.10 bits per heavy atom. The largest absolute Gasteiger partial charge is 0.382 e. The first-order chi connectivity index (χ1) is 13.8. The van der Waals surface area contributed by atoms with Crippen molar-refractivity contribution >= 4 is 40.6 Å². The molecule has 2 heterocycles. The van der Waals surface area contributed by atoms with Crippen LogP contribution in [0, 0.1) is 0 Å². The van der Waals surface area contributed by atoms with Crippen molar-refractivity contribution in [3.8, 4) is 0 Å². The molecule has 0 aliphatic carbocycles. The Morgan fingerprint density at radius 2 is 1.86 bits per heavy atom. The number of fused-ring (bicyclic) bond motifs is 1. The van der Waals surface area contributed by atoms with Crippen molar-refractivity contribution in [1.29, 1.82) is 0 Å². The van der Waals surface area contributed by atoms with Gasteiger partial charge in [0.25, 0.3) is 0 Å². The Bertz CT molecular complexity index is 912. The van der Waals surface area contributed by atoms with Crippen molar-refractivity contribution in [2.45, 2.75) is 6.54 Å². The molecule has 0 unspecified atom stereocenters. The smallest absolute Gasteiger partial charge is 0.243 e. The maximum Gasteiger partial charge on any atom is 0.243 e. The molecule has 0 saturated carbocycles. The molecule has 0 radical (unpaired) electrons. The summed E-state index contributed by atoms with van der Waals surface area (Å²) in [5.41, 5.74) is 16.6. The fourth-order valence-corrected chi connectivity index (χ4v) is 2.37. The third kappa shape index (κ3) is 6.10. The second kappa shape index (κ2) is 9.93. The molecule has 156 valence electrons. The number of hydrogen-bond donors (Lipinski definition) is 5. The van der Waals surface area contributed by atoms with Crippen LogP contribution in [0.25, 0.3) is 11.2 Å². The van der Waals surface area contributed by atoms with Gasteiger partial charge in [0.1, 0.15) is 18.4 Å². The Morgan fingerprint density at radius 3 is 2.55 bits per heavy atom. The number of nitrogens with one attached hydrogen (secondary N) is 2. The lowest BCUT2D eigenvalue weighted by atomic mass is 10.3. The molecule has 0 fully saturated rings. The Balaban J connectivity index is 2.09. The van der Waals surface area contributed by atoms with E-state index in [1.165, 1.54) is 22.1 Å². The maximum atomic E-state index is 12.8. The van der Waals surface area contributed by atoms with Crippen molar-refractivity contribution in [3.05, 3.63) is 12.7 Å². The van der Waals surface area contributed by atoms with Gasteiger partial charge in [-0.2, -0.15) is 0 Å². The van der Waals surface area contributed by atoms with Gasteiger partial charge in [-0.1, -0.05) is 0 Å². The van der Waals surface area contributed by atoms with Crippen LogP contribution in [0.3, 0.4) is 0 Å². The minimum Gasteiger partial charge on any atom is -0.382 e. The van der Waals surface area contributed by atoms with E-state index in [0.29, 0.717) is 11.2 Å². The maximum absolute atomic E-state index is 12.8. The topological polar surface area (TPSA) is 217 Å². The van der Waals surface area contributed by atoms with Gasteiger partial charge >= 0.3 is 0 Å². The molecule has 2 aromatic heterocycles. The van der Waals surface area contributed by atoms with E-state index >= 15 is 0 Å². The zero-order valence-corrected chi connectivity index (χ0v) is 15.5. The highest BCUT2D eigenvalue weighted by molar-refractivity contribution is 5.88. The molecule has 4 amide bonds. The van der Waals surface area contributed by atoms with E-state index in [-0.39, 0.29) is 45.1 Å². The molecule has 0 aliphatic rings. The molecule has 29 heavy (non-hydrogen) atoms. The summed E-state index contributed by atoms with van der Waals surface area (Å²) in [5, 5.41) is 4.82. The lowest BCUT2D eigenvalue weighted by molar-refractivity contribution is -0.136. The quantitative estimate of drug-likeness (QED) is 0.259. The average Bonchev–Trinajstić information content (AvgIpc) is 3.09. The second-order valence-corrected chi connectivity index (χ2v) is 5.92. The first-order valence-electron chi connectivity index (χ1n) is 8.52. The summed E-state index contributed by atoms with van der Waals surface area (Å²) in [4.78, 5) is 60.0. The molecule has 2 rings (SSSR count). The average molecular weight is 406 g/mol. The van der Waals surface area contributed by atoms with Gasteiger partial charge in [-0.3, -0.25) is 19.2 Å². The van der Waals surface area contributed by atoms with Gasteiger partial charge in [0.05, 0.1) is 26.0 Å². The monoisotopic (exact) mass is 406 g/mol. The van der Waals surface area contributed by atoms with E-state index in [9.17, 15) is 19.2 Å². The number of carbonyl (C=O) groups excluding carboxylic acids is 4. The zero-order valence-electron chi connectivity index (χ0n) is 15.5. The normalized spacial score (nSPS) is 10.5. The van der Waals surface area contributed by atoms with E-state index in [4.69, 9.17) is 17.2 Å². The molecule has 0 atom stereocenters. The molecular formula is C15H22N10O4. The fourth-order valence-electron chi connectivity index (χ4n) is 2.37. The van der Waals surface area contributed by atoms with Crippen LogP contribution < -0.4 is 27.8 Å². The number of anilines is 1. The number of carbonyl (C=O) groups is 4. The summed E-state index contributed by atoms with van der Waals surface area (Å²) >= 11 is 0. The molecule has 14 heteroatoms. The number of aromatic nitrogens is 4. The molecule has 0 spiro atoms. The predicted molar refractivity (Wildman–Crippen MR) is 101 cm³/mol. The fraction of sp³-hybridized carbons (Fsp3) is 0.400. The Hall–Kier alpha value is -3.81. The lowest BCUT2D eigenvalue weighted by Gasteiger charge is -2.22. The van der Waals surface area contributed by atoms with Gasteiger partial charge in [-0.15, -0.1) is 0 Å². The number of imidazole rings is 1. The van der Waals surface area contributed by atoms with Gasteiger partial charge in [-0.25, -0.2) is 15.0 Å². The van der Waals surface area contributed by atoms with E-state index in [1.54, 1.807) is 0 Å². The number of primary amides is 1. The molecule has 0 saturated heterocycles. The standard InChI is InChI=1S/C15H22N10O4/c16-3-10(27)19-1-2-24(5-11(28)20-4-9(17)26)12(29)6-25-8-23-13-14(18)21-7-22-15(13)25/h7-8H,1-6,16H2,(H2,17,26)(H,19,27)(H,20,28)(H2,18,21,22). The summed E-state index contributed by atoms with van der Waals surface area (Å²) in [6, 6.07) is 0. The number of nitrogens with zero attached hydrogens (tertiary/aromatic N) is 5. The molecule has 8 N–H and O–H groups in total. The van der Waals surface area contributed by atoms with Crippen LogP contribution in [0.5, 0.6) is 0 Å². The summed E-state index contributed by atoms with van der Waals surface area (Å²) in [7, 11) is 0. The number of rotatable bonds is 10. The first kappa shape index (κ1) is 21.5. The molecular weight excluding hydrogens is 384 g/mol. The molecule has 0 aliphatic heterocycles. The van der Waals surface area contributed by atoms with Crippen LogP contribution >= 0.6 is 0 Å². The first-order valence-corrected chi connectivity index (χ1v) is 8.52. The van der Waals surface area contributed by atoms with Gasteiger partial charge in [-0.05, 0) is 0 Å². The predicted octanol–water partition coefficient (Wildman–Crippen LogP) is -4.09. The van der Waals surface area contributed by atoms with Gasteiger partial charge in [0.2, 0.25) is 23.6 Å². The van der Waals surface area contributed by atoms with Crippen molar-refractivity contribution in [1.82, 2.24) is 35.1 Å². The number of amides is 4. The van der Waals surface area contributed by atoms with E-state index in [2.05, 4.69) is 25.6 Å². The summed E-state index contributed by atoms with van der Waals surface area (Å²) in [6.45, 7) is -0.944. The molecule has 14 nitrogen and oxygen atoms in total. The lowest BCUT2D eigenvalue weighted by Crippen LogP contribution is -2.47. The van der Waals surface area contributed by atoms with Crippen LogP contribution in [-0.2, 0) is 25.7 Å². The minimum atomic E-state index is -0.714. The highest BCUT2D eigenvalue weighted by Crippen LogP contribution is 2.14. The van der Waals surface area contributed by atoms with Gasteiger partial charge in [0.15, 0.2) is 11.5 Å². The summed E-state index contributed by atoms with van der Waals surface area (Å²) in [5.74, 6) is -1.97. The van der Waals surface area contributed by atoms with Crippen LogP contribution in [0.2, 0.25) is 0 Å². The highest BCUT2D eigenvalue weighted by atomic mass is 16.2. The molecule has 0 aromatic carbocycles. The third-order valence-electron chi connectivity index (χ3n) is 3.77. The van der Waals surface area contributed by atoms with Crippen molar-refractivity contribution in [2.75, 3.05) is 38.5 Å². The van der Waals surface area contributed by atoms with Gasteiger partial charge < -0.3 is 37.3 Å². The van der Waals surface area contributed by atoms with Crippen LogP contribution in [0.1, 0.15) is 0 Å². The van der Waals surface area contributed by atoms with Crippen molar-refractivity contribution < 1.29 is 19.2 Å². The second-order valence-electron chi connectivity index (χ2n) is 5.92. The van der Waals surface area contributed by atoms with Gasteiger partial charge in [0, 0.05) is 13.1 Å². The van der Waals surface area contributed by atoms with Crippen LogP contribution in [0.15, 0.2) is 12.7 Å². The zero-order chi connectivity index (χ0) is 21.4. The number of nitrogen functional groups attached to an aromatic ring is 1. The summed E-state index contributed by atoms with van der Waals surface area (Å²) < 4.78 is 1.46. The molecule has 0 bridgehead atoms. The Labute approximate surface area is 164 Å². The highest BCUT2D eigenvalue weighted by Gasteiger charge is 2.19. The number of hydrogen-bond acceptors (Lipinski definition) is 9. The van der Waals surface area contributed by atoms with Crippen LogP contribution in [-0.4, -0.2) is 80.8 Å². The molecule has 2 aromatic rings. The Kier molecular flexibility index (Phi) is 7.36. The SMILES string of the molecule is NCC(=O)NCCN(CC(=O)NCC(N)=O)C(=O)Cn1cnc2c(N)ncnc21. The van der Waals surface area contributed by atoms with E-state index in [1.807, 2.05) is 0 Å². The minimum absolute atomic E-state index is 0.0400. The third-order valence-corrected chi connectivity index (χ3v) is 3.77. The summed E-state index contributed by atoms with van der Waals surface area (Å²) in [6.07, 6.45) is 2.63. The van der Waals surface area contributed by atoms with E-state index in [0.717, 1.165) is 0 Å².